The average molecular weight is 458 g/mol. The molecule has 0 bridgehead atoms. The smallest absolute Gasteiger partial charge is 0.220 e. The van der Waals surface area contributed by atoms with Crippen LogP contribution in [0.25, 0.3) is 0 Å². The standard InChI is InChI=1S/C17H26N6O.HI/c1-12(2)10-21-17(19)22-11-14-4-3-7-20-16(14)23-8-5-13(6-9-23)15(18)24;/h3-4,7,13H,1,5-6,8-11H2,2H3,(H2,18,24)(H3,19,21,22);1H. The summed E-state index contributed by atoms with van der Waals surface area (Å²) in [6.07, 6.45) is 3.29. The van der Waals surface area contributed by atoms with Gasteiger partial charge in [0.15, 0.2) is 5.96 Å². The number of hydrogen-bond acceptors (Lipinski definition) is 4. The normalized spacial score (nSPS) is 15.4. The van der Waals surface area contributed by atoms with Crippen molar-refractivity contribution in [3.05, 3.63) is 36.0 Å². The van der Waals surface area contributed by atoms with E-state index in [0.717, 1.165) is 42.9 Å². The van der Waals surface area contributed by atoms with Crippen molar-refractivity contribution >= 4 is 41.7 Å². The average Bonchev–Trinajstić information content (AvgIpc) is 2.58. The number of pyridine rings is 1. The van der Waals surface area contributed by atoms with E-state index in [2.05, 4.69) is 26.8 Å². The molecule has 1 aliphatic heterocycles. The van der Waals surface area contributed by atoms with Crippen LogP contribution in [0.2, 0.25) is 0 Å². The van der Waals surface area contributed by atoms with Crippen molar-refractivity contribution in [2.45, 2.75) is 26.3 Å². The summed E-state index contributed by atoms with van der Waals surface area (Å²) in [5.41, 5.74) is 13.3. The Labute approximate surface area is 166 Å². The molecule has 1 fully saturated rings. The first kappa shape index (κ1) is 21.2. The zero-order chi connectivity index (χ0) is 17.5. The highest BCUT2D eigenvalue weighted by atomic mass is 127. The van der Waals surface area contributed by atoms with Crippen molar-refractivity contribution in [2.24, 2.45) is 22.4 Å². The first-order valence-corrected chi connectivity index (χ1v) is 8.13. The maximum atomic E-state index is 11.3. The fourth-order valence-corrected chi connectivity index (χ4v) is 2.68. The van der Waals surface area contributed by atoms with E-state index in [1.807, 2.05) is 19.1 Å². The second-order valence-corrected chi connectivity index (χ2v) is 6.16. The number of carbonyl (C=O) groups is 1. The Balaban J connectivity index is 0.00000312. The quantitative estimate of drug-likeness (QED) is 0.258. The summed E-state index contributed by atoms with van der Waals surface area (Å²) in [7, 11) is 0. The molecule has 5 N–H and O–H groups in total. The number of primary amides is 1. The van der Waals surface area contributed by atoms with E-state index in [0.29, 0.717) is 19.0 Å². The molecule has 138 valence electrons. The number of halogens is 1. The van der Waals surface area contributed by atoms with Gasteiger partial charge in [-0.1, -0.05) is 18.2 Å². The highest BCUT2D eigenvalue weighted by molar-refractivity contribution is 14.0. The van der Waals surface area contributed by atoms with Gasteiger partial charge in [0.1, 0.15) is 5.82 Å². The number of piperidine rings is 1. The maximum absolute atomic E-state index is 11.3. The molecule has 0 aromatic carbocycles. The number of aromatic nitrogens is 1. The number of nitrogens with two attached hydrogens (primary N) is 2. The lowest BCUT2D eigenvalue weighted by molar-refractivity contribution is -0.122. The fourth-order valence-electron chi connectivity index (χ4n) is 2.68. The number of amides is 1. The Kier molecular flexibility index (Phi) is 8.67. The summed E-state index contributed by atoms with van der Waals surface area (Å²) in [6, 6.07) is 3.89. The maximum Gasteiger partial charge on any atom is 0.220 e. The molecule has 1 saturated heterocycles. The van der Waals surface area contributed by atoms with Gasteiger partial charge in [-0.25, -0.2) is 9.98 Å². The molecule has 2 heterocycles. The predicted molar refractivity (Wildman–Crippen MR) is 112 cm³/mol. The lowest BCUT2D eigenvalue weighted by Crippen LogP contribution is -2.39. The molecule has 1 aromatic heterocycles. The van der Waals surface area contributed by atoms with Crippen LogP contribution in [0.15, 0.2) is 35.5 Å². The van der Waals surface area contributed by atoms with Gasteiger partial charge in [0.2, 0.25) is 5.91 Å². The molecule has 7 nitrogen and oxygen atoms in total. The van der Waals surface area contributed by atoms with Crippen molar-refractivity contribution in [2.75, 3.05) is 24.5 Å². The van der Waals surface area contributed by atoms with Crippen LogP contribution in [0, 0.1) is 5.92 Å². The van der Waals surface area contributed by atoms with E-state index < -0.39 is 0 Å². The van der Waals surface area contributed by atoms with Gasteiger partial charge in [-0.05, 0) is 25.8 Å². The van der Waals surface area contributed by atoms with Crippen molar-refractivity contribution in [1.82, 2.24) is 10.3 Å². The topological polar surface area (TPSA) is 110 Å². The Morgan fingerprint density at radius 1 is 1.44 bits per heavy atom. The van der Waals surface area contributed by atoms with E-state index in [4.69, 9.17) is 11.5 Å². The lowest BCUT2D eigenvalue weighted by atomic mass is 9.96. The van der Waals surface area contributed by atoms with Crippen LogP contribution in [-0.4, -0.2) is 36.5 Å². The number of nitrogens with one attached hydrogen (secondary N) is 1. The molecule has 8 heteroatoms. The minimum absolute atomic E-state index is 0. The summed E-state index contributed by atoms with van der Waals surface area (Å²) in [5.74, 6) is 1.04. The number of rotatable bonds is 6. The second-order valence-electron chi connectivity index (χ2n) is 6.16. The fraction of sp³-hybridized carbons (Fsp3) is 0.471. The molecule has 0 radical (unpaired) electrons. The van der Waals surface area contributed by atoms with Gasteiger partial charge < -0.3 is 21.7 Å². The van der Waals surface area contributed by atoms with E-state index in [-0.39, 0.29) is 35.8 Å². The van der Waals surface area contributed by atoms with Crippen LogP contribution in [0.1, 0.15) is 25.3 Å². The molecular weight excluding hydrogens is 431 g/mol. The molecule has 25 heavy (non-hydrogen) atoms. The number of carbonyl (C=O) groups excluding carboxylic acids is 1. The van der Waals surface area contributed by atoms with Gasteiger partial charge in [0.25, 0.3) is 0 Å². The van der Waals surface area contributed by atoms with Gasteiger partial charge in [0.05, 0.1) is 6.54 Å². The summed E-state index contributed by atoms with van der Waals surface area (Å²) in [6.45, 7) is 8.34. The molecule has 1 aromatic rings. The van der Waals surface area contributed by atoms with Gasteiger partial charge in [-0.3, -0.25) is 4.79 Å². The van der Waals surface area contributed by atoms with Crippen LogP contribution < -0.4 is 21.7 Å². The number of guanidine groups is 1. The SMILES string of the molecule is C=C(C)CNC(N)=NCc1cccnc1N1CCC(C(N)=O)CC1.I. The van der Waals surface area contributed by atoms with E-state index in [1.54, 1.807) is 6.20 Å². The predicted octanol–water partition coefficient (Wildman–Crippen LogP) is 1.38. The summed E-state index contributed by atoms with van der Waals surface area (Å²) in [4.78, 5) is 22.3. The Morgan fingerprint density at radius 3 is 2.72 bits per heavy atom. The molecule has 0 saturated carbocycles. The van der Waals surface area contributed by atoms with Crippen LogP contribution in [0.5, 0.6) is 0 Å². The monoisotopic (exact) mass is 458 g/mol. The molecular formula is C17H27IN6O. The van der Waals surface area contributed by atoms with Crippen LogP contribution in [0.3, 0.4) is 0 Å². The minimum Gasteiger partial charge on any atom is -0.370 e. The second kappa shape index (κ2) is 10.2. The molecule has 1 amide bonds. The zero-order valence-corrected chi connectivity index (χ0v) is 16.9. The van der Waals surface area contributed by atoms with Crippen molar-refractivity contribution in [1.29, 1.82) is 0 Å². The van der Waals surface area contributed by atoms with Crippen LogP contribution in [-0.2, 0) is 11.3 Å². The van der Waals surface area contributed by atoms with Crippen molar-refractivity contribution in [3.63, 3.8) is 0 Å². The third kappa shape index (κ3) is 6.52. The van der Waals surface area contributed by atoms with Crippen LogP contribution in [0.4, 0.5) is 5.82 Å². The van der Waals surface area contributed by atoms with Crippen molar-refractivity contribution in [3.8, 4) is 0 Å². The third-order valence-electron chi connectivity index (χ3n) is 4.06. The summed E-state index contributed by atoms with van der Waals surface area (Å²) < 4.78 is 0. The Morgan fingerprint density at radius 2 is 2.12 bits per heavy atom. The highest BCUT2D eigenvalue weighted by Crippen LogP contribution is 2.24. The van der Waals surface area contributed by atoms with E-state index >= 15 is 0 Å². The molecule has 0 aliphatic carbocycles. The molecule has 0 atom stereocenters. The highest BCUT2D eigenvalue weighted by Gasteiger charge is 2.24. The molecule has 2 rings (SSSR count). The first-order chi connectivity index (χ1) is 11.5. The first-order valence-electron chi connectivity index (χ1n) is 8.13. The number of nitrogens with zero attached hydrogens (tertiary/aromatic N) is 3. The summed E-state index contributed by atoms with van der Waals surface area (Å²) >= 11 is 0. The summed E-state index contributed by atoms with van der Waals surface area (Å²) in [5, 5.41) is 3.01. The van der Waals surface area contributed by atoms with E-state index in [1.165, 1.54) is 0 Å². The number of anilines is 1. The largest absolute Gasteiger partial charge is 0.370 e. The van der Waals surface area contributed by atoms with Crippen molar-refractivity contribution < 1.29 is 4.79 Å². The number of aliphatic imine (C=N–C) groups is 1. The van der Waals surface area contributed by atoms with Crippen LogP contribution >= 0.6 is 24.0 Å². The molecule has 0 spiro atoms. The zero-order valence-electron chi connectivity index (χ0n) is 14.6. The van der Waals surface area contributed by atoms with Gasteiger partial charge in [0, 0.05) is 37.3 Å². The molecule has 0 unspecified atom stereocenters. The lowest BCUT2D eigenvalue weighted by Gasteiger charge is -2.32. The third-order valence-corrected chi connectivity index (χ3v) is 4.06. The Hall–Kier alpha value is -1.84. The van der Waals surface area contributed by atoms with Gasteiger partial charge >= 0.3 is 0 Å². The minimum atomic E-state index is -0.211. The van der Waals surface area contributed by atoms with Gasteiger partial charge in [-0.2, -0.15) is 0 Å². The van der Waals surface area contributed by atoms with Gasteiger partial charge in [-0.15, -0.1) is 24.0 Å². The molecule has 1 aliphatic rings. The van der Waals surface area contributed by atoms with E-state index in [9.17, 15) is 4.79 Å². The Bertz CT molecular complexity index is 625. The number of hydrogen-bond donors (Lipinski definition) is 3.